The third-order valence-corrected chi connectivity index (χ3v) is 2.84. The van der Waals surface area contributed by atoms with Crippen molar-refractivity contribution in [1.82, 2.24) is 4.90 Å². The molecule has 0 spiro atoms. The van der Waals surface area contributed by atoms with E-state index in [2.05, 4.69) is 0 Å². The Bertz CT molecular complexity index is 275. The van der Waals surface area contributed by atoms with Gasteiger partial charge in [-0.15, -0.1) is 0 Å². The topological polar surface area (TPSA) is 75.8 Å². The van der Waals surface area contributed by atoms with Gasteiger partial charge in [0, 0.05) is 13.1 Å². The zero-order valence-electron chi connectivity index (χ0n) is 11.0. The number of hydrogen-bond donors (Lipinski definition) is 2. The smallest absolute Gasteiger partial charge is 0.410 e. The lowest BCUT2D eigenvalue weighted by Crippen LogP contribution is -2.49. The maximum absolute atomic E-state index is 11.9. The molecule has 1 saturated heterocycles. The minimum atomic E-state index is -0.965. The average Bonchev–Trinajstić information content (AvgIpc) is 2.39. The molecule has 1 aliphatic rings. The molecule has 0 aromatic rings. The van der Waals surface area contributed by atoms with Crippen LogP contribution in [0, 0.1) is 0 Å². The van der Waals surface area contributed by atoms with Crippen LogP contribution in [0.2, 0.25) is 0 Å². The lowest BCUT2D eigenvalue weighted by molar-refractivity contribution is -0.00984. The average molecular weight is 244 g/mol. The maximum Gasteiger partial charge on any atom is 0.410 e. The molecule has 17 heavy (non-hydrogen) atoms. The molecular weight excluding hydrogens is 220 g/mol. The summed E-state index contributed by atoms with van der Waals surface area (Å²) in [5, 5.41) is 10.2. The molecule has 0 radical (unpaired) electrons. The van der Waals surface area contributed by atoms with Crippen molar-refractivity contribution in [3.05, 3.63) is 0 Å². The number of nitrogens with zero attached hydrogens (tertiary/aromatic N) is 1. The second-order valence-electron chi connectivity index (χ2n) is 5.79. The minimum Gasteiger partial charge on any atom is -0.444 e. The van der Waals surface area contributed by atoms with Crippen LogP contribution in [0.1, 0.15) is 40.0 Å². The fraction of sp³-hybridized carbons (Fsp3) is 0.917. The predicted octanol–water partition coefficient (Wildman–Crippen LogP) is 1.10. The summed E-state index contributed by atoms with van der Waals surface area (Å²) in [6, 6.07) is 0. The standard InChI is InChI=1S/C12H24N2O3/c1-11(2,3)17-10(15)14-7-5-4-6-12(16,8-13)9-14/h16H,4-9,13H2,1-3H3/t12-/m0/s1. The summed E-state index contributed by atoms with van der Waals surface area (Å²) < 4.78 is 5.31. The molecule has 0 aromatic heterocycles. The van der Waals surface area contributed by atoms with E-state index in [1.807, 2.05) is 20.8 Å². The van der Waals surface area contributed by atoms with Crippen molar-refractivity contribution in [2.75, 3.05) is 19.6 Å². The number of aliphatic hydroxyl groups is 1. The number of rotatable bonds is 1. The van der Waals surface area contributed by atoms with Crippen molar-refractivity contribution in [2.45, 2.75) is 51.2 Å². The molecule has 0 aromatic carbocycles. The number of likely N-dealkylation sites (tertiary alicyclic amines) is 1. The van der Waals surface area contributed by atoms with Crippen molar-refractivity contribution >= 4 is 6.09 Å². The molecule has 1 atom stereocenters. The van der Waals surface area contributed by atoms with Crippen LogP contribution in [0.15, 0.2) is 0 Å². The molecule has 0 bridgehead atoms. The molecule has 1 heterocycles. The zero-order chi connectivity index (χ0) is 13.1. The summed E-state index contributed by atoms with van der Waals surface area (Å²) in [6.45, 7) is 6.55. The van der Waals surface area contributed by atoms with Crippen LogP contribution < -0.4 is 5.73 Å². The van der Waals surface area contributed by atoms with Crippen LogP contribution in [0.3, 0.4) is 0 Å². The van der Waals surface area contributed by atoms with Crippen LogP contribution in [-0.2, 0) is 4.74 Å². The highest BCUT2D eigenvalue weighted by molar-refractivity contribution is 5.68. The molecule has 1 fully saturated rings. The summed E-state index contributed by atoms with van der Waals surface area (Å²) in [5.41, 5.74) is 4.09. The Balaban J connectivity index is 2.66. The van der Waals surface area contributed by atoms with Gasteiger partial charge in [-0.05, 0) is 40.0 Å². The Morgan fingerprint density at radius 3 is 2.65 bits per heavy atom. The molecule has 0 saturated carbocycles. The highest BCUT2D eigenvalue weighted by atomic mass is 16.6. The first kappa shape index (κ1) is 14.3. The lowest BCUT2D eigenvalue weighted by Gasteiger charge is -2.32. The lowest BCUT2D eigenvalue weighted by atomic mass is 9.98. The Hall–Kier alpha value is -0.810. The van der Waals surface area contributed by atoms with E-state index in [1.54, 1.807) is 4.90 Å². The number of carbonyl (C=O) groups is 1. The quantitative estimate of drug-likeness (QED) is 0.724. The van der Waals surface area contributed by atoms with Crippen LogP contribution in [0.4, 0.5) is 4.79 Å². The molecule has 5 heteroatoms. The molecule has 100 valence electrons. The van der Waals surface area contributed by atoms with Crippen molar-refractivity contribution in [3.8, 4) is 0 Å². The van der Waals surface area contributed by atoms with Crippen LogP contribution in [0.5, 0.6) is 0 Å². The monoisotopic (exact) mass is 244 g/mol. The molecule has 0 unspecified atom stereocenters. The number of amides is 1. The molecule has 1 amide bonds. The van der Waals surface area contributed by atoms with Gasteiger partial charge in [-0.25, -0.2) is 4.79 Å². The number of carbonyl (C=O) groups excluding carboxylic acids is 1. The Morgan fingerprint density at radius 1 is 1.47 bits per heavy atom. The zero-order valence-corrected chi connectivity index (χ0v) is 11.0. The number of β-amino-alcohol motifs (C(OH)–C–C–N with tert-alkyl or cyclic N) is 1. The largest absolute Gasteiger partial charge is 0.444 e. The van der Waals surface area contributed by atoms with E-state index in [-0.39, 0.29) is 19.2 Å². The summed E-state index contributed by atoms with van der Waals surface area (Å²) >= 11 is 0. The van der Waals surface area contributed by atoms with Gasteiger partial charge in [-0.1, -0.05) is 0 Å². The van der Waals surface area contributed by atoms with Gasteiger partial charge < -0.3 is 20.5 Å². The van der Waals surface area contributed by atoms with Crippen molar-refractivity contribution in [2.24, 2.45) is 5.73 Å². The van der Waals surface area contributed by atoms with Crippen molar-refractivity contribution in [3.63, 3.8) is 0 Å². The fourth-order valence-electron chi connectivity index (χ4n) is 1.92. The summed E-state index contributed by atoms with van der Waals surface area (Å²) in [5.74, 6) is 0. The predicted molar refractivity (Wildman–Crippen MR) is 65.7 cm³/mol. The third-order valence-electron chi connectivity index (χ3n) is 2.84. The van der Waals surface area contributed by atoms with Gasteiger partial charge in [0.05, 0.1) is 12.1 Å². The van der Waals surface area contributed by atoms with E-state index < -0.39 is 11.2 Å². The molecule has 0 aliphatic carbocycles. The Labute approximate surface area is 103 Å². The minimum absolute atomic E-state index is 0.173. The van der Waals surface area contributed by atoms with Gasteiger partial charge in [-0.2, -0.15) is 0 Å². The van der Waals surface area contributed by atoms with Gasteiger partial charge in [0.2, 0.25) is 0 Å². The highest BCUT2D eigenvalue weighted by Gasteiger charge is 2.33. The summed E-state index contributed by atoms with van der Waals surface area (Å²) in [7, 11) is 0. The van der Waals surface area contributed by atoms with E-state index >= 15 is 0 Å². The Morgan fingerprint density at radius 2 is 2.12 bits per heavy atom. The van der Waals surface area contributed by atoms with E-state index in [9.17, 15) is 9.90 Å². The molecular formula is C12H24N2O3. The second kappa shape index (κ2) is 5.23. The molecule has 5 nitrogen and oxygen atoms in total. The molecule has 1 aliphatic heterocycles. The maximum atomic E-state index is 11.9. The van der Waals surface area contributed by atoms with E-state index in [0.717, 1.165) is 12.8 Å². The first-order valence-electron chi connectivity index (χ1n) is 6.16. The molecule has 1 rings (SSSR count). The SMILES string of the molecule is CC(C)(C)OC(=O)N1CCCC[C@](O)(CN)C1. The van der Waals surface area contributed by atoms with E-state index in [4.69, 9.17) is 10.5 Å². The number of hydrogen-bond acceptors (Lipinski definition) is 4. The summed E-state index contributed by atoms with van der Waals surface area (Å²) in [6.07, 6.45) is 2.03. The van der Waals surface area contributed by atoms with Gasteiger partial charge in [-0.3, -0.25) is 0 Å². The Kier molecular flexibility index (Phi) is 4.38. The first-order valence-corrected chi connectivity index (χ1v) is 6.16. The third kappa shape index (κ3) is 4.52. The highest BCUT2D eigenvalue weighted by Crippen LogP contribution is 2.21. The van der Waals surface area contributed by atoms with Crippen molar-refractivity contribution in [1.29, 1.82) is 0 Å². The normalized spacial score (nSPS) is 26.5. The van der Waals surface area contributed by atoms with Crippen LogP contribution in [-0.4, -0.2) is 46.9 Å². The van der Waals surface area contributed by atoms with Crippen LogP contribution in [0.25, 0.3) is 0 Å². The fourth-order valence-corrected chi connectivity index (χ4v) is 1.92. The van der Waals surface area contributed by atoms with E-state index in [1.165, 1.54) is 0 Å². The van der Waals surface area contributed by atoms with Gasteiger partial charge >= 0.3 is 6.09 Å². The van der Waals surface area contributed by atoms with Gasteiger partial charge in [0.1, 0.15) is 5.60 Å². The number of nitrogens with two attached hydrogens (primary N) is 1. The summed E-state index contributed by atoms with van der Waals surface area (Å²) in [4.78, 5) is 13.5. The first-order chi connectivity index (χ1) is 7.76. The molecule has 3 N–H and O–H groups in total. The van der Waals surface area contributed by atoms with Gasteiger partial charge in [0.25, 0.3) is 0 Å². The van der Waals surface area contributed by atoms with Crippen LogP contribution >= 0.6 is 0 Å². The van der Waals surface area contributed by atoms with E-state index in [0.29, 0.717) is 13.0 Å². The second-order valence-corrected chi connectivity index (χ2v) is 5.79. The van der Waals surface area contributed by atoms with Crippen molar-refractivity contribution < 1.29 is 14.6 Å². The number of ether oxygens (including phenoxy) is 1. The van der Waals surface area contributed by atoms with Gasteiger partial charge in [0.15, 0.2) is 0 Å².